The van der Waals surface area contributed by atoms with Crippen molar-refractivity contribution in [1.82, 2.24) is 0 Å². The van der Waals surface area contributed by atoms with E-state index in [9.17, 15) is 4.79 Å². The molecule has 2 aliphatic rings. The monoisotopic (exact) mass is 230 g/mol. The van der Waals surface area contributed by atoms with Crippen LogP contribution < -0.4 is 0 Å². The van der Waals surface area contributed by atoms with Gasteiger partial charge in [0.15, 0.2) is 5.78 Å². The van der Waals surface area contributed by atoms with Crippen LogP contribution in [0.15, 0.2) is 35.5 Å². The molecule has 0 saturated heterocycles. The van der Waals surface area contributed by atoms with Crippen molar-refractivity contribution in [2.24, 2.45) is 10.8 Å². The van der Waals surface area contributed by atoms with E-state index >= 15 is 0 Å². The van der Waals surface area contributed by atoms with Crippen molar-refractivity contribution in [3.05, 3.63) is 35.5 Å². The minimum atomic E-state index is -0.0548. The van der Waals surface area contributed by atoms with E-state index in [4.69, 9.17) is 0 Å². The van der Waals surface area contributed by atoms with E-state index in [-0.39, 0.29) is 16.6 Å². The van der Waals surface area contributed by atoms with Crippen molar-refractivity contribution >= 4 is 5.78 Å². The van der Waals surface area contributed by atoms with Gasteiger partial charge in [0.05, 0.1) is 0 Å². The molecule has 0 radical (unpaired) electrons. The highest BCUT2D eigenvalue weighted by Gasteiger charge is 2.36. The summed E-state index contributed by atoms with van der Waals surface area (Å²) >= 11 is 0. The van der Waals surface area contributed by atoms with Crippen LogP contribution in [0.3, 0.4) is 0 Å². The number of carbonyl (C=O) groups excluding carboxylic acids is 1. The number of allylic oxidation sites excluding steroid dienone is 6. The second-order valence-corrected chi connectivity index (χ2v) is 6.41. The van der Waals surface area contributed by atoms with Crippen LogP contribution in [0.1, 0.15) is 47.0 Å². The number of hydrogen-bond donors (Lipinski definition) is 0. The smallest absolute Gasteiger partial charge is 0.184 e. The third-order valence-corrected chi connectivity index (χ3v) is 3.79. The van der Waals surface area contributed by atoms with E-state index in [2.05, 4.69) is 45.1 Å². The summed E-state index contributed by atoms with van der Waals surface area (Å²) in [4.78, 5) is 12.2. The molecule has 0 saturated carbocycles. The molecule has 1 unspecified atom stereocenters. The lowest BCUT2D eigenvalue weighted by atomic mass is 9.67. The van der Waals surface area contributed by atoms with Crippen LogP contribution in [-0.4, -0.2) is 5.78 Å². The predicted octanol–water partition coefficient (Wildman–Crippen LogP) is 4.21. The van der Waals surface area contributed by atoms with Crippen LogP contribution in [0.2, 0.25) is 0 Å². The molecular weight excluding hydrogens is 208 g/mol. The van der Waals surface area contributed by atoms with Crippen molar-refractivity contribution in [3.8, 4) is 0 Å². The Morgan fingerprint density at radius 1 is 1.18 bits per heavy atom. The van der Waals surface area contributed by atoms with Crippen LogP contribution in [0.4, 0.5) is 0 Å². The first-order chi connectivity index (χ1) is 7.84. The van der Waals surface area contributed by atoms with Gasteiger partial charge in [-0.05, 0) is 37.2 Å². The lowest BCUT2D eigenvalue weighted by Gasteiger charge is -2.36. The van der Waals surface area contributed by atoms with Crippen molar-refractivity contribution in [2.75, 3.05) is 0 Å². The van der Waals surface area contributed by atoms with Crippen molar-refractivity contribution in [1.29, 1.82) is 0 Å². The highest BCUT2D eigenvalue weighted by molar-refractivity contribution is 6.09. The number of hydrogen-bond acceptors (Lipinski definition) is 1. The van der Waals surface area contributed by atoms with E-state index in [1.54, 1.807) is 0 Å². The Bertz CT molecular complexity index is 429. The first-order valence-corrected chi connectivity index (χ1v) is 6.47. The van der Waals surface area contributed by atoms with Crippen LogP contribution in [-0.2, 0) is 4.79 Å². The van der Waals surface area contributed by atoms with Gasteiger partial charge in [0.2, 0.25) is 0 Å². The Kier molecular flexibility index (Phi) is 2.89. The fourth-order valence-corrected chi connectivity index (χ4v) is 2.80. The molecule has 0 heterocycles. The highest BCUT2D eigenvalue weighted by atomic mass is 16.1. The largest absolute Gasteiger partial charge is 0.289 e. The molecule has 1 spiro atoms. The molecule has 0 aromatic carbocycles. The molecule has 0 N–H and O–H groups in total. The molecule has 1 heteroatoms. The van der Waals surface area contributed by atoms with Gasteiger partial charge in [-0.25, -0.2) is 0 Å². The van der Waals surface area contributed by atoms with Crippen molar-refractivity contribution < 1.29 is 4.79 Å². The summed E-state index contributed by atoms with van der Waals surface area (Å²) in [5, 5.41) is 0. The zero-order valence-electron chi connectivity index (χ0n) is 11.3. The summed E-state index contributed by atoms with van der Waals surface area (Å²) in [6, 6.07) is 0. The summed E-state index contributed by atoms with van der Waals surface area (Å²) in [6.07, 6.45) is 12.2. The molecule has 0 aliphatic heterocycles. The molecule has 1 nitrogen and oxygen atoms in total. The maximum atomic E-state index is 12.2. The average molecular weight is 230 g/mol. The highest BCUT2D eigenvalue weighted by Crippen LogP contribution is 2.44. The minimum Gasteiger partial charge on any atom is -0.289 e. The van der Waals surface area contributed by atoms with Crippen molar-refractivity contribution in [3.63, 3.8) is 0 Å². The van der Waals surface area contributed by atoms with Gasteiger partial charge in [0.25, 0.3) is 0 Å². The predicted molar refractivity (Wildman–Crippen MR) is 71.7 cm³/mol. The second-order valence-electron chi connectivity index (χ2n) is 6.41. The fraction of sp³-hybridized carbons (Fsp3) is 0.562. The third-order valence-electron chi connectivity index (χ3n) is 3.79. The summed E-state index contributed by atoms with van der Waals surface area (Å²) in [5.41, 5.74) is 1.97. The minimum absolute atomic E-state index is 0.0548. The Balaban J connectivity index is 2.46. The summed E-state index contributed by atoms with van der Waals surface area (Å²) in [7, 11) is 0. The maximum Gasteiger partial charge on any atom is 0.184 e. The van der Waals surface area contributed by atoms with Gasteiger partial charge < -0.3 is 0 Å². The number of Topliss-reactive ketones (excluding diaryl/α,β-unsaturated/α-hetero) is 1. The Morgan fingerprint density at radius 3 is 2.41 bits per heavy atom. The van der Waals surface area contributed by atoms with E-state index in [0.29, 0.717) is 0 Å². The van der Waals surface area contributed by atoms with E-state index in [1.807, 2.05) is 6.92 Å². The van der Waals surface area contributed by atoms with Crippen LogP contribution >= 0.6 is 0 Å². The molecule has 0 fully saturated rings. The molecule has 1 atom stereocenters. The molecule has 0 aromatic heterocycles. The topological polar surface area (TPSA) is 17.1 Å². The lowest BCUT2D eigenvalue weighted by molar-refractivity contribution is -0.113. The fourth-order valence-electron chi connectivity index (χ4n) is 2.80. The van der Waals surface area contributed by atoms with Gasteiger partial charge in [0, 0.05) is 11.0 Å². The Labute approximate surface area is 104 Å². The third kappa shape index (κ3) is 2.29. The van der Waals surface area contributed by atoms with Crippen LogP contribution in [0.5, 0.6) is 0 Å². The van der Waals surface area contributed by atoms with Gasteiger partial charge in [-0.2, -0.15) is 0 Å². The lowest BCUT2D eigenvalue weighted by Crippen LogP contribution is -2.29. The molecule has 0 amide bonds. The molecule has 0 aromatic rings. The first kappa shape index (κ1) is 12.3. The number of rotatable bonds is 0. The summed E-state index contributed by atoms with van der Waals surface area (Å²) in [6.45, 7) is 8.34. The standard InChI is InChI=1S/C16H22O/c1-12-10-16(8-6-5-7-9-16)11-13(14(12)17)15(2,3)4/h5-6,10-11H,7-9H2,1-4H3. The number of carbonyl (C=O) groups is 1. The molecule has 2 aliphatic carbocycles. The van der Waals surface area contributed by atoms with Gasteiger partial charge >= 0.3 is 0 Å². The number of ketones is 1. The van der Waals surface area contributed by atoms with Crippen LogP contribution in [0, 0.1) is 10.8 Å². The second kappa shape index (κ2) is 3.97. The van der Waals surface area contributed by atoms with Crippen LogP contribution in [0.25, 0.3) is 0 Å². The van der Waals surface area contributed by atoms with E-state index < -0.39 is 0 Å². The van der Waals surface area contributed by atoms with Gasteiger partial charge in [-0.3, -0.25) is 4.79 Å². The average Bonchev–Trinajstić information content (AvgIpc) is 2.23. The van der Waals surface area contributed by atoms with E-state index in [1.165, 1.54) is 0 Å². The molecule has 2 rings (SSSR count). The maximum absolute atomic E-state index is 12.2. The normalized spacial score (nSPS) is 29.3. The zero-order valence-corrected chi connectivity index (χ0v) is 11.3. The summed E-state index contributed by atoms with van der Waals surface area (Å²) in [5.74, 6) is 0.234. The molecule has 0 bridgehead atoms. The Morgan fingerprint density at radius 2 is 1.88 bits per heavy atom. The van der Waals surface area contributed by atoms with Gasteiger partial charge in [-0.15, -0.1) is 0 Å². The Hall–Kier alpha value is -1.11. The van der Waals surface area contributed by atoms with Gasteiger partial charge in [-0.1, -0.05) is 45.1 Å². The van der Waals surface area contributed by atoms with E-state index in [0.717, 1.165) is 30.4 Å². The SMILES string of the molecule is CC1=CC2(C=C(C(C)(C)C)C1=O)CC=CCC2. The molecular formula is C16H22O. The molecule has 17 heavy (non-hydrogen) atoms. The summed E-state index contributed by atoms with van der Waals surface area (Å²) < 4.78 is 0. The molecule has 92 valence electrons. The van der Waals surface area contributed by atoms with Gasteiger partial charge in [0.1, 0.15) is 0 Å². The first-order valence-electron chi connectivity index (χ1n) is 6.47. The van der Waals surface area contributed by atoms with Crippen molar-refractivity contribution in [2.45, 2.75) is 47.0 Å². The zero-order chi connectivity index (χ0) is 12.7. The quantitative estimate of drug-likeness (QED) is 0.570.